The standard InChI is InChI=1S/C13H20FN3O/c1-13(2,3)8-17(5)12(18)10-6-9(14)7-16-11(10)15-4/h6-7H,8H2,1-5H3,(H,15,16). The Kier molecular flexibility index (Phi) is 4.27. The molecule has 1 aromatic heterocycles. The summed E-state index contributed by atoms with van der Waals surface area (Å²) >= 11 is 0. The number of hydrogen-bond donors (Lipinski definition) is 1. The lowest BCUT2D eigenvalue weighted by molar-refractivity contribution is 0.0745. The van der Waals surface area contributed by atoms with Gasteiger partial charge >= 0.3 is 0 Å². The summed E-state index contributed by atoms with van der Waals surface area (Å²) in [5.41, 5.74) is 0.245. The van der Waals surface area contributed by atoms with E-state index in [9.17, 15) is 9.18 Å². The van der Waals surface area contributed by atoms with Crippen LogP contribution in [0.3, 0.4) is 0 Å². The molecule has 1 heterocycles. The topological polar surface area (TPSA) is 45.2 Å². The van der Waals surface area contributed by atoms with Crippen LogP contribution in [0, 0.1) is 11.2 Å². The Morgan fingerprint density at radius 1 is 1.50 bits per heavy atom. The molecule has 0 aliphatic heterocycles. The molecular weight excluding hydrogens is 233 g/mol. The molecule has 0 unspecified atom stereocenters. The predicted molar refractivity (Wildman–Crippen MR) is 70.2 cm³/mol. The summed E-state index contributed by atoms with van der Waals surface area (Å²) in [5.74, 6) is -0.357. The van der Waals surface area contributed by atoms with Crippen molar-refractivity contribution in [3.8, 4) is 0 Å². The van der Waals surface area contributed by atoms with E-state index < -0.39 is 5.82 Å². The summed E-state index contributed by atoms with van der Waals surface area (Å²) < 4.78 is 13.2. The van der Waals surface area contributed by atoms with E-state index in [-0.39, 0.29) is 16.9 Å². The highest BCUT2D eigenvalue weighted by molar-refractivity contribution is 5.98. The minimum Gasteiger partial charge on any atom is -0.372 e. The van der Waals surface area contributed by atoms with Crippen LogP contribution in [-0.4, -0.2) is 36.4 Å². The van der Waals surface area contributed by atoms with Gasteiger partial charge in [0.15, 0.2) is 0 Å². The molecule has 0 radical (unpaired) electrons. The number of carbonyl (C=O) groups excluding carboxylic acids is 1. The summed E-state index contributed by atoms with van der Waals surface area (Å²) in [4.78, 5) is 17.7. The summed E-state index contributed by atoms with van der Waals surface area (Å²) in [6, 6.07) is 1.21. The van der Waals surface area contributed by atoms with E-state index in [0.717, 1.165) is 6.20 Å². The molecule has 1 aromatic rings. The van der Waals surface area contributed by atoms with Crippen molar-refractivity contribution in [2.24, 2.45) is 5.41 Å². The Bertz CT molecular complexity index is 440. The predicted octanol–water partition coefficient (Wildman–Crippen LogP) is 2.38. The highest BCUT2D eigenvalue weighted by atomic mass is 19.1. The second-order valence-corrected chi connectivity index (χ2v) is 5.52. The van der Waals surface area contributed by atoms with Crippen molar-refractivity contribution < 1.29 is 9.18 Å². The molecule has 100 valence electrons. The van der Waals surface area contributed by atoms with Crippen LogP contribution in [0.5, 0.6) is 0 Å². The summed E-state index contributed by atoms with van der Waals surface area (Å²) in [6.07, 6.45) is 1.09. The van der Waals surface area contributed by atoms with Gasteiger partial charge in [-0.1, -0.05) is 20.8 Å². The van der Waals surface area contributed by atoms with Crippen LogP contribution in [0.2, 0.25) is 0 Å². The molecule has 0 fully saturated rings. The third kappa shape index (κ3) is 3.68. The van der Waals surface area contributed by atoms with Gasteiger partial charge in [0.05, 0.1) is 11.8 Å². The van der Waals surface area contributed by atoms with Crippen LogP contribution in [-0.2, 0) is 0 Å². The molecule has 0 aliphatic rings. The molecule has 5 heteroatoms. The molecule has 1 amide bonds. The largest absolute Gasteiger partial charge is 0.372 e. The van der Waals surface area contributed by atoms with E-state index in [2.05, 4.69) is 10.3 Å². The minimum atomic E-state index is -0.512. The molecule has 4 nitrogen and oxygen atoms in total. The van der Waals surface area contributed by atoms with Crippen molar-refractivity contribution in [3.63, 3.8) is 0 Å². The molecule has 0 bridgehead atoms. The molecule has 0 aromatic carbocycles. The first-order chi connectivity index (χ1) is 8.24. The zero-order valence-electron chi connectivity index (χ0n) is 11.5. The maximum absolute atomic E-state index is 13.2. The molecular formula is C13H20FN3O. The van der Waals surface area contributed by atoms with Gasteiger partial charge in [0, 0.05) is 20.6 Å². The highest BCUT2D eigenvalue weighted by Crippen LogP contribution is 2.19. The maximum atomic E-state index is 13.2. The second-order valence-electron chi connectivity index (χ2n) is 5.52. The number of rotatable bonds is 3. The molecule has 0 saturated carbocycles. The number of amides is 1. The number of halogens is 1. The Morgan fingerprint density at radius 3 is 2.61 bits per heavy atom. The van der Waals surface area contributed by atoms with Gasteiger partial charge in [-0.3, -0.25) is 4.79 Å². The number of hydrogen-bond acceptors (Lipinski definition) is 3. The lowest BCUT2D eigenvalue weighted by atomic mass is 9.96. The highest BCUT2D eigenvalue weighted by Gasteiger charge is 2.21. The number of pyridine rings is 1. The van der Waals surface area contributed by atoms with Crippen molar-refractivity contribution in [3.05, 3.63) is 23.6 Å². The van der Waals surface area contributed by atoms with Crippen molar-refractivity contribution >= 4 is 11.7 Å². The number of carbonyl (C=O) groups is 1. The monoisotopic (exact) mass is 253 g/mol. The maximum Gasteiger partial charge on any atom is 0.257 e. The van der Waals surface area contributed by atoms with E-state index in [1.807, 2.05) is 20.8 Å². The smallest absolute Gasteiger partial charge is 0.257 e. The molecule has 0 saturated heterocycles. The van der Waals surface area contributed by atoms with E-state index in [4.69, 9.17) is 0 Å². The molecule has 1 rings (SSSR count). The Hall–Kier alpha value is -1.65. The van der Waals surface area contributed by atoms with Gasteiger partial charge < -0.3 is 10.2 Å². The van der Waals surface area contributed by atoms with Gasteiger partial charge in [-0.2, -0.15) is 0 Å². The SMILES string of the molecule is CNc1ncc(F)cc1C(=O)N(C)CC(C)(C)C. The zero-order chi connectivity index (χ0) is 13.9. The van der Waals surface area contributed by atoms with E-state index in [1.54, 1.807) is 19.0 Å². The summed E-state index contributed by atoms with van der Waals surface area (Å²) in [7, 11) is 3.36. The number of aromatic nitrogens is 1. The van der Waals surface area contributed by atoms with Crippen LogP contribution >= 0.6 is 0 Å². The fourth-order valence-corrected chi connectivity index (χ4v) is 1.79. The Balaban J connectivity index is 2.99. The molecule has 1 N–H and O–H groups in total. The first-order valence-electron chi connectivity index (χ1n) is 5.83. The van der Waals surface area contributed by atoms with Gasteiger partial charge in [0.25, 0.3) is 5.91 Å². The van der Waals surface area contributed by atoms with Crippen molar-refractivity contribution in [1.82, 2.24) is 9.88 Å². The fraction of sp³-hybridized carbons (Fsp3) is 0.538. The molecule has 0 atom stereocenters. The number of nitrogens with one attached hydrogen (secondary N) is 1. The lowest BCUT2D eigenvalue weighted by Gasteiger charge is -2.27. The van der Waals surface area contributed by atoms with Gasteiger partial charge in [-0.15, -0.1) is 0 Å². The molecule has 0 spiro atoms. The zero-order valence-corrected chi connectivity index (χ0v) is 11.5. The normalized spacial score (nSPS) is 11.2. The third-order valence-corrected chi connectivity index (χ3v) is 2.38. The summed E-state index contributed by atoms with van der Waals surface area (Å²) in [5, 5.41) is 2.80. The first-order valence-corrected chi connectivity index (χ1v) is 5.83. The Labute approximate surface area is 107 Å². The van der Waals surface area contributed by atoms with Crippen LogP contribution in [0.25, 0.3) is 0 Å². The summed E-state index contributed by atoms with van der Waals surface area (Å²) in [6.45, 7) is 6.71. The van der Waals surface area contributed by atoms with Gasteiger partial charge in [-0.25, -0.2) is 9.37 Å². The van der Waals surface area contributed by atoms with Gasteiger partial charge in [0.2, 0.25) is 0 Å². The third-order valence-electron chi connectivity index (χ3n) is 2.38. The van der Waals surface area contributed by atoms with Crippen molar-refractivity contribution in [1.29, 1.82) is 0 Å². The Morgan fingerprint density at radius 2 is 2.11 bits per heavy atom. The second kappa shape index (κ2) is 5.33. The van der Waals surface area contributed by atoms with E-state index >= 15 is 0 Å². The average Bonchev–Trinajstić information content (AvgIpc) is 2.25. The quantitative estimate of drug-likeness (QED) is 0.899. The van der Waals surface area contributed by atoms with Crippen molar-refractivity contribution in [2.45, 2.75) is 20.8 Å². The lowest BCUT2D eigenvalue weighted by Crippen LogP contribution is -2.35. The van der Waals surface area contributed by atoms with E-state index in [0.29, 0.717) is 12.4 Å². The molecule has 0 aliphatic carbocycles. The van der Waals surface area contributed by atoms with Crippen molar-refractivity contribution in [2.75, 3.05) is 26.0 Å². The van der Waals surface area contributed by atoms with E-state index in [1.165, 1.54) is 6.07 Å². The van der Waals surface area contributed by atoms with Gasteiger partial charge in [-0.05, 0) is 11.5 Å². The van der Waals surface area contributed by atoms with Gasteiger partial charge in [0.1, 0.15) is 11.6 Å². The number of nitrogens with zero attached hydrogens (tertiary/aromatic N) is 2. The van der Waals surface area contributed by atoms with Crippen LogP contribution in [0.15, 0.2) is 12.3 Å². The van der Waals surface area contributed by atoms with Crippen LogP contribution < -0.4 is 5.32 Å². The number of anilines is 1. The fourth-order valence-electron chi connectivity index (χ4n) is 1.79. The average molecular weight is 253 g/mol. The van der Waals surface area contributed by atoms with Crippen LogP contribution in [0.4, 0.5) is 10.2 Å². The molecule has 18 heavy (non-hydrogen) atoms. The first kappa shape index (κ1) is 14.4. The van der Waals surface area contributed by atoms with Crippen LogP contribution in [0.1, 0.15) is 31.1 Å². The minimum absolute atomic E-state index is 0.00896.